The molecular weight excluding hydrogens is 362 g/mol. The third kappa shape index (κ3) is 4.19. The van der Waals surface area contributed by atoms with Gasteiger partial charge in [0.1, 0.15) is 5.75 Å². The summed E-state index contributed by atoms with van der Waals surface area (Å²) in [5.41, 5.74) is 4.55. The van der Waals surface area contributed by atoms with E-state index in [9.17, 15) is 4.79 Å². The molecule has 29 heavy (non-hydrogen) atoms. The number of rotatable bonds is 5. The summed E-state index contributed by atoms with van der Waals surface area (Å²) in [7, 11) is 1.65. The fraction of sp³-hybridized carbons (Fsp3) is 0.333. The van der Waals surface area contributed by atoms with E-state index >= 15 is 0 Å². The molecule has 4 rings (SSSR count). The Morgan fingerprint density at radius 1 is 1.14 bits per heavy atom. The molecule has 0 radical (unpaired) electrons. The number of hydrogen-bond acceptors (Lipinski definition) is 4. The van der Waals surface area contributed by atoms with Crippen LogP contribution in [0.1, 0.15) is 24.0 Å². The number of piperidine rings is 1. The van der Waals surface area contributed by atoms with Gasteiger partial charge in [-0.15, -0.1) is 0 Å². The molecule has 150 valence electrons. The first kappa shape index (κ1) is 19.2. The number of anilines is 1. The second kappa shape index (κ2) is 8.52. The van der Waals surface area contributed by atoms with Gasteiger partial charge < -0.3 is 15.0 Å². The number of methoxy groups -OCH3 is 1. The maximum Gasteiger partial charge on any atom is 0.223 e. The lowest BCUT2D eigenvalue weighted by Crippen LogP contribution is -2.40. The van der Waals surface area contributed by atoms with Crippen LogP contribution in [0, 0.1) is 12.8 Å². The molecule has 0 atom stereocenters. The van der Waals surface area contributed by atoms with Crippen LogP contribution in [0.2, 0.25) is 0 Å². The Hall–Kier alpha value is -3.08. The minimum Gasteiger partial charge on any atom is -0.497 e. The van der Waals surface area contributed by atoms with Gasteiger partial charge in [-0.1, -0.05) is 30.3 Å². The third-order valence-electron chi connectivity index (χ3n) is 5.78. The van der Waals surface area contributed by atoms with Crippen LogP contribution in [0.15, 0.2) is 54.7 Å². The van der Waals surface area contributed by atoms with Gasteiger partial charge in [0.2, 0.25) is 5.91 Å². The molecule has 1 saturated heterocycles. The number of amides is 1. The van der Waals surface area contributed by atoms with Gasteiger partial charge in [0, 0.05) is 42.8 Å². The number of carbonyl (C=O) groups excluding carboxylic acids is 1. The normalized spacial score (nSPS) is 14.8. The van der Waals surface area contributed by atoms with Crippen LogP contribution in [0.25, 0.3) is 10.9 Å². The van der Waals surface area contributed by atoms with Crippen molar-refractivity contribution < 1.29 is 9.53 Å². The number of benzene rings is 2. The molecule has 0 bridgehead atoms. The minimum atomic E-state index is 0.0688. The number of hydrogen-bond donors (Lipinski definition) is 1. The molecule has 0 spiro atoms. The van der Waals surface area contributed by atoms with Gasteiger partial charge in [-0.2, -0.15) is 0 Å². The summed E-state index contributed by atoms with van der Waals surface area (Å²) < 4.78 is 5.17. The maximum atomic E-state index is 12.6. The standard InChI is InChI=1S/C24H27N3O2/c1-17-4-3-5-21-22(10-13-25-23(17)21)27-14-11-19(12-15-27)24(28)26-16-18-6-8-20(29-2)9-7-18/h3-10,13,19H,11-12,14-16H2,1-2H3,(H,26,28). The second-order valence-electron chi connectivity index (χ2n) is 7.63. The van der Waals surface area contributed by atoms with E-state index in [-0.39, 0.29) is 11.8 Å². The van der Waals surface area contributed by atoms with Crippen molar-refractivity contribution in [2.45, 2.75) is 26.3 Å². The van der Waals surface area contributed by atoms with E-state index in [1.165, 1.54) is 16.6 Å². The van der Waals surface area contributed by atoms with Crippen LogP contribution >= 0.6 is 0 Å². The van der Waals surface area contributed by atoms with E-state index in [0.717, 1.165) is 42.8 Å². The predicted octanol–water partition coefficient (Wildman–Crippen LogP) is 4.08. The summed E-state index contributed by atoms with van der Waals surface area (Å²) in [6.45, 7) is 4.41. The first-order valence-electron chi connectivity index (χ1n) is 10.2. The lowest BCUT2D eigenvalue weighted by molar-refractivity contribution is -0.125. The molecule has 1 amide bonds. The highest BCUT2D eigenvalue weighted by Crippen LogP contribution is 2.30. The molecule has 1 aliphatic rings. The largest absolute Gasteiger partial charge is 0.497 e. The van der Waals surface area contributed by atoms with Crippen LogP contribution in [0.4, 0.5) is 5.69 Å². The first-order valence-corrected chi connectivity index (χ1v) is 10.2. The topological polar surface area (TPSA) is 54.5 Å². The monoisotopic (exact) mass is 389 g/mol. The van der Waals surface area contributed by atoms with Crippen molar-refractivity contribution in [1.82, 2.24) is 10.3 Å². The number of ether oxygens (including phenoxy) is 1. The van der Waals surface area contributed by atoms with E-state index < -0.39 is 0 Å². The average molecular weight is 389 g/mol. The summed E-state index contributed by atoms with van der Waals surface area (Å²) in [5.74, 6) is 1.04. The molecule has 1 aliphatic heterocycles. The Morgan fingerprint density at radius 3 is 2.62 bits per heavy atom. The summed E-state index contributed by atoms with van der Waals surface area (Å²) >= 11 is 0. The van der Waals surface area contributed by atoms with Crippen molar-refractivity contribution in [3.8, 4) is 5.75 Å². The third-order valence-corrected chi connectivity index (χ3v) is 5.78. The Morgan fingerprint density at radius 2 is 1.90 bits per heavy atom. The van der Waals surface area contributed by atoms with Crippen LogP contribution in [0.3, 0.4) is 0 Å². The fourth-order valence-corrected chi connectivity index (χ4v) is 4.04. The lowest BCUT2D eigenvalue weighted by atomic mass is 9.95. The lowest BCUT2D eigenvalue weighted by Gasteiger charge is -2.33. The van der Waals surface area contributed by atoms with Gasteiger partial charge in [-0.05, 0) is 49.1 Å². The zero-order valence-corrected chi connectivity index (χ0v) is 17.0. The van der Waals surface area contributed by atoms with E-state index in [1.807, 2.05) is 30.5 Å². The number of nitrogens with zero attached hydrogens (tertiary/aromatic N) is 2. The van der Waals surface area contributed by atoms with E-state index in [4.69, 9.17) is 4.74 Å². The van der Waals surface area contributed by atoms with Gasteiger partial charge in [0.15, 0.2) is 0 Å². The molecule has 3 aromatic rings. The van der Waals surface area contributed by atoms with E-state index in [1.54, 1.807) is 7.11 Å². The molecule has 1 N–H and O–H groups in total. The number of pyridine rings is 1. The van der Waals surface area contributed by atoms with Gasteiger partial charge >= 0.3 is 0 Å². The predicted molar refractivity (Wildman–Crippen MR) is 116 cm³/mol. The molecule has 2 aromatic carbocycles. The number of nitrogens with one attached hydrogen (secondary N) is 1. The Kier molecular flexibility index (Phi) is 5.65. The number of aryl methyl sites for hydroxylation is 1. The van der Waals surface area contributed by atoms with E-state index in [2.05, 4.69) is 46.4 Å². The fourth-order valence-electron chi connectivity index (χ4n) is 4.04. The molecule has 1 aromatic heterocycles. The number of aromatic nitrogens is 1. The zero-order valence-electron chi connectivity index (χ0n) is 17.0. The number of fused-ring (bicyclic) bond motifs is 1. The van der Waals surface area contributed by atoms with Crippen molar-refractivity contribution in [3.63, 3.8) is 0 Å². The second-order valence-corrected chi connectivity index (χ2v) is 7.63. The summed E-state index contributed by atoms with van der Waals surface area (Å²) in [5, 5.41) is 4.28. The Labute approximate surface area is 171 Å². The van der Waals surface area contributed by atoms with Gasteiger partial charge in [0.05, 0.1) is 12.6 Å². The van der Waals surface area contributed by atoms with Crippen LogP contribution in [-0.2, 0) is 11.3 Å². The quantitative estimate of drug-likeness (QED) is 0.714. The smallest absolute Gasteiger partial charge is 0.223 e. The van der Waals surface area contributed by atoms with Crippen LogP contribution < -0.4 is 15.0 Å². The van der Waals surface area contributed by atoms with Crippen molar-refractivity contribution in [1.29, 1.82) is 0 Å². The minimum absolute atomic E-state index is 0.0688. The summed E-state index contributed by atoms with van der Waals surface area (Å²) in [6.07, 6.45) is 3.62. The first-order chi connectivity index (χ1) is 14.2. The number of carbonyl (C=O) groups is 1. The van der Waals surface area contributed by atoms with Crippen LogP contribution in [-0.4, -0.2) is 31.1 Å². The molecular formula is C24H27N3O2. The van der Waals surface area contributed by atoms with Gasteiger partial charge in [-0.3, -0.25) is 9.78 Å². The zero-order chi connectivity index (χ0) is 20.2. The van der Waals surface area contributed by atoms with Crippen LogP contribution in [0.5, 0.6) is 5.75 Å². The SMILES string of the molecule is COc1ccc(CNC(=O)C2CCN(c3ccnc4c(C)cccc34)CC2)cc1. The molecule has 5 heteroatoms. The highest BCUT2D eigenvalue weighted by molar-refractivity contribution is 5.93. The number of para-hydroxylation sites is 1. The Bertz CT molecular complexity index is 993. The summed E-state index contributed by atoms with van der Waals surface area (Å²) in [4.78, 5) is 19.6. The Balaban J connectivity index is 1.35. The van der Waals surface area contributed by atoms with Crippen molar-refractivity contribution in [3.05, 3.63) is 65.9 Å². The molecule has 1 fully saturated rings. The maximum absolute atomic E-state index is 12.6. The van der Waals surface area contributed by atoms with Crippen molar-refractivity contribution >= 4 is 22.5 Å². The molecule has 2 heterocycles. The van der Waals surface area contributed by atoms with E-state index in [0.29, 0.717) is 6.54 Å². The van der Waals surface area contributed by atoms with Gasteiger partial charge in [-0.25, -0.2) is 0 Å². The average Bonchev–Trinajstić information content (AvgIpc) is 2.78. The molecule has 0 unspecified atom stereocenters. The van der Waals surface area contributed by atoms with Gasteiger partial charge in [0.25, 0.3) is 0 Å². The highest BCUT2D eigenvalue weighted by Gasteiger charge is 2.25. The summed E-state index contributed by atoms with van der Waals surface area (Å²) in [6, 6.07) is 16.2. The molecule has 0 saturated carbocycles. The molecule has 5 nitrogen and oxygen atoms in total. The van der Waals surface area contributed by atoms with Crippen molar-refractivity contribution in [2.24, 2.45) is 5.92 Å². The molecule has 0 aliphatic carbocycles. The highest BCUT2D eigenvalue weighted by atomic mass is 16.5. The van der Waals surface area contributed by atoms with Crippen molar-refractivity contribution in [2.75, 3.05) is 25.1 Å².